The average molecular weight is 259 g/mol. The molecule has 0 unspecified atom stereocenters. The standard InChI is InChI=1S/C12H9N3O2S/c1-15-6-8(7-4-2-3-5-9(7)15)10-11(12(16)17)14-18-13-10/h2-6H,1H3,(H,16,17). The Labute approximate surface area is 107 Å². The number of carboxylic acids is 1. The van der Waals surface area contributed by atoms with Crippen molar-refractivity contribution in [3.63, 3.8) is 0 Å². The van der Waals surface area contributed by atoms with Crippen molar-refractivity contribution in [3.8, 4) is 11.3 Å². The lowest BCUT2D eigenvalue weighted by Crippen LogP contribution is -1.98. The molecular formula is C12H9N3O2S. The molecule has 0 aliphatic carbocycles. The Hall–Kier alpha value is -2.21. The maximum absolute atomic E-state index is 11.1. The molecule has 0 radical (unpaired) electrons. The van der Waals surface area contributed by atoms with Gasteiger partial charge in [-0.05, 0) is 6.07 Å². The van der Waals surface area contributed by atoms with E-state index in [0.717, 1.165) is 28.2 Å². The number of aromatic carboxylic acids is 1. The van der Waals surface area contributed by atoms with Crippen LogP contribution in [0, 0.1) is 0 Å². The predicted octanol–water partition coefficient (Wildman–Crippen LogP) is 2.40. The van der Waals surface area contributed by atoms with Gasteiger partial charge in [0.05, 0.1) is 11.7 Å². The summed E-state index contributed by atoms with van der Waals surface area (Å²) in [5.41, 5.74) is 2.29. The third-order valence-corrected chi connectivity index (χ3v) is 3.37. The summed E-state index contributed by atoms with van der Waals surface area (Å²) in [6, 6.07) is 7.81. The lowest BCUT2D eigenvalue weighted by Gasteiger charge is -1.95. The minimum absolute atomic E-state index is 0.0105. The molecule has 0 aliphatic rings. The monoisotopic (exact) mass is 259 g/mol. The van der Waals surface area contributed by atoms with Crippen molar-refractivity contribution < 1.29 is 9.90 Å². The number of para-hydroxylation sites is 1. The largest absolute Gasteiger partial charge is 0.476 e. The molecule has 1 aromatic carbocycles. The first-order valence-corrected chi connectivity index (χ1v) is 6.02. The molecule has 1 N–H and O–H groups in total. The van der Waals surface area contributed by atoms with Crippen LogP contribution in [0.3, 0.4) is 0 Å². The highest BCUT2D eigenvalue weighted by molar-refractivity contribution is 6.99. The van der Waals surface area contributed by atoms with Crippen LogP contribution in [0.25, 0.3) is 22.2 Å². The highest BCUT2D eigenvalue weighted by Gasteiger charge is 2.20. The van der Waals surface area contributed by atoms with E-state index < -0.39 is 5.97 Å². The van der Waals surface area contributed by atoms with Gasteiger partial charge in [-0.25, -0.2) is 4.79 Å². The number of nitrogens with zero attached hydrogens (tertiary/aromatic N) is 3. The van der Waals surface area contributed by atoms with Crippen molar-refractivity contribution in [3.05, 3.63) is 36.2 Å². The second-order valence-corrected chi connectivity index (χ2v) is 4.47. The van der Waals surface area contributed by atoms with Crippen LogP contribution in [0.5, 0.6) is 0 Å². The molecule has 2 aromatic heterocycles. The Balaban J connectivity index is 2.32. The number of hydrogen-bond donors (Lipinski definition) is 1. The minimum Gasteiger partial charge on any atom is -0.476 e. The number of hydrogen-bond acceptors (Lipinski definition) is 4. The van der Waals surface area contributed by atoms with Gasteiger partial charge in [0, 0.05) is 29.7 Å². The summed E-state index contributed by atoms with van der Waals surface area (Å²) in [7, 11) is 1.92. The first kappa shape index (κ1) is 10.9. The summed E-state index contributed by atoms with van der Waals surface area (Å²) in [6.45, 7) is 0. The number of fused-ring (bicyclic) bond motifs is 1. The zero-order valence-electron chi connectivity index (χ0n) is 9.49. The molecule has 3 aromatic rings. The van der Waals surface area contributed by atoms with Crippen molar-refractivity contribution in [2.45, 2.75) is 0 Å². The van der Waals surface area contributed by atoms with E-state index in [1.807, 2.05) is 42.1 Å². The molecule has 0 saturated heterocycles. The summed E-state index contributed by atoms with van der Waals surface area (Å²) in [4.78, 5) is 11.1. The van der Waals surface area contributed by atoms with Crippen molar-refractivity contribution in [2.75, 3.05) is 0 Å². The van der Waals surface area contributed by atoms with E-state index in [1.54, 1.807) is 0 Å². The van der Waals surface area contributed by atoms with Crippen molar-refractivity contribution in [1.29, 1.82) is 0 Å². The Morgan fingerprint density at radius 3 is 2.89 bits per heavy atom. The molecule has 6 heteroatoms. The van der Waals surface area contributed by atoms with Crippen LogP contribution < -0.4 is 0 Å². The maximum atomic E-state index is 11.1. The van der Waals surface area contributed by atoms with Crippen LogP contribution in [0.1, 0.15) is 10.5 Å². The minimum atomic E-state index is -1.05. The van der Waals surface area contributed by atoms with Gasteiger partial charge in [0.1, 0.15) is 5.69 Å². The number of benzene rings is 1. The molecule has 5 nitrogen and oxygen atoms in total. The van der Waals surface area contributed by atoms with Gasteiger partial charge in [0.25, 0.3) is 0 Å². The zero-order valence-corrected chi connectivity index (χ0v) is 10.3. The smallest absolute Gasteiger partial charge is 0.357 e. The number of rotatable bonds is 2. The summed E-state index contributed by atoms with van der Waals surface area (Å²) in [5.74, 6) is -1.05. The topological polar surface area (TPSA) is 68.0 Å². The molecule has 0 bridgehead atoms. The van der Waals surface area contributed by atoms with Crippen LogP contribution in [-0.2, 0) is 7.05 Å². The number of aryl methyl sites for hydroxylation is 1. The second-order valence-electron chi connectivity index (χ2n) is 3.94. The van der Waals surface area contributed by atoms with Gasteiger partial charge in [-0.3, -0.25) is 0 Å². The third-order valence-electron chi connectivity index (χ3n) is 2.84. The van der Waals surface area contributed by atoms with Crippen molar-refractivity contribution >= 4 is 28.6 Å². The lowest BCUT2D eigenvalue weighted by molar-refractivity contribution is 0.0692. The van der Waals surface area contributed by atoms with Gasteiger partial charge in [-0.15, -0.1) is 0 Å². The highest BCUT2D eigenvalue weighted by Crippen LogP contribution is 2.31. The lowest BCUT2D eigenvalue weighted by atomic mass is 10.1. The Bertz CT molecular complexity index is 745. The van der Waals surface area contributed by atoms with Crippen LogP contribution in [0.4, 0.5) is 0 Å². The van der Waals surface area contributed by atoms with Crippen LogP contribution >= 0.6 is 11.7 Å². The Kier molecular flexibility index (Phi) is 2.38. The van der Waals surface area contributed by atoms with Gasteiger partial charge < -0.3 is 9.67 Å². The SMILES string of the molecule is Cn1cc(-c2nsnc2C(=O)O)c2ccccc21. The summed E-state index contributed by atoms with van der Waals surface area (Å²) < 4.78 is 9.89. The first-order valence-electron chi connectivity index (χ1n) is 5.29. The normalized spacial score (nSPS) is 10.9. The van der Waals surface area contributed by atoms with Gasteiger partial charge in [0.15, 0.2) is 5.69 Å². The summed E-state index contributed by atoms with van der Waals surface area (Å²) >= 11 is 0.917. The van der Waals surface area contributed by atoms with Crippen LogP contribution in [0.15, 0.2) is 30.5 Å². The second kappa shape index (κ2) is 3.92. The fourth-order valence-electron chi connectivity index (χ4n) is 2.04. The first-order chi connectivity index (χ1) is 8.68. The quantitative estimate of drug-likeness (QED) is 0.767. The Morgan fingerprint density at radius 1 is 1.33 bits per heavy atom. The van der Waals surface area contributed by atoms with Crippen LogP contribution in [-0.4, -0.2) is 24.4 Å². The molecule has 2 heterocycles. The predicted molar refractivity (Wildman–Crippen MR) is 68.8 cm³/mol. The third kappa shape index (κ3) is 1.50. The molecule has 90 valence electrons. The van der Waals surface area contributed by atoms with Crippen molar-refractivity contribution in [1.82, 2.24) is 13.3 Å². The fourth-order valence-corrected chi connectivity index (χ4v) is 2.59. The number of aromatic nitrogens is 3. The molecule has 0 amide bonds. The number of carboxylic acid groups (broad SMARTS) is 1. The van der Waals surface area contributed by atoms with Crippen molar-refractivity contribution in [2.24, 2.45) is 7.05 Å². The highest BCUT2D eigenvalue weighted by atomic mass is 32.1. The average Bonchev–Trinajstić information content (AvgIpc) is 2.95. The molecule has 18 heavy (non-hydrogen) atoms. The fraction of sp³-hybridized carbons (Fsp3) is 0.0833. The molecule has 3 rings (SSSR count). The molecule has 0 saturated carbocycles. The number of carbonyl (C=O) groups is 1. The van der Waals surface area contributed by atoms with E-state index in [4.69, 9.17) is 5.11 Å². The van der Waals surface area contributed by atoms with Gasteiger partial charge >= 0.3 is 5.97 Å². The van der Waals surface area contributed by atoms with Crippen LogP contribution in [0.2, 0.25) is 0 Å². The summed E-state index contributed by atoms with van der Waals surface area (Å²) in [5, 5.41) is 10.1. The van der Waals surface area contributed by atoms with E-state index in [1.165, 1.54) is 0 Å². The maximum Gasteiger partial charge on any atom is 0.357 e. The Morgan fingerprint density at radius 2 is 2.11 bits per heavy atom. The van der Waals surface area contributed by atoms with E-state index in [-0.39, 0.29) is 5.69 Å². The summed E-state index contributed by atoms with van der Waals surface area (Å²) in [6.07, 6.45) is 1.88. The molecule has 0 spiro atoms. The van der Waals surface area contributed by atoms with E-state index in [9.17, 15) is 4.79 Å². The molecular weight excluding hydrogens is 250 g/mol. The van der Waals surface area contributed by atoms with E-state index in [0.29, 0.717) is 5.69 Å². The van der Waals surface area contributed by atoms with Gasteiger partial charge in [-0.2, -0.15) is 8.75 Å². The zero-order chi connectivity index (χ0) is 12.7. The molecule has 0 aliphatic heterocycles. The molecule has 0 atom stereocenters. The van der Waals surface area contributed by atoms with Gasteiger partial charge in [-0.1, -0.05) is 18.2 Å². The van der Waals surface area contributed by atoms with E-state index >= 15 is 0 Å². The van der Waals surface area contributed by atoms with Gasteiger partial charge in [0.2, 0.25) is 0 Å². The molecule has 0 fully saturated rings. The van der Waals surface area contributed by atoms with E-state index in [2.05, 4.69) is 8.75 Å².